The van der Waals surface area contributed by atoms with Crippen LogP contribution in [0.1, 0.15) is 10.4 Å². The first-order valence-electron chi connectivity index (χ1n) is 5.81. The van der Waals surface area contributed by atoms with Gasteiger partial charge in [0.1, 0.15) is 6.04 Å². The van der Waals surface area contributed by atoms with Crippen LogP contribution in [0.2, 0.25) is 0 Å². The number of carbonyl (C=O) groups excluding carboxylic acids is 2. The molecule has 0 heterocycles. The zero-order valence-electron chi connectivity index (χ0n) is 10.2. The molecule has 0 aliphatic heterocycles. The van der Waals surface area contributed by atoms with Crippen LogP contribution in [0.4, 0.5) is 0 Å². The van der Waals surface area contributed by atoms with Gasteiger partial charge in [0, 0.05) is 11.3 Å². The third-order valence-electron chi connectivity index (χ3n) is 2.84. The van der Waals surface area contributed by atoms with Gasteiger partial charge in [0.05, 0.1) is 0 Å². The Labute approximate surface area is 116 Å². The Morgan fingerprint density at radius 3 is 2.47 bits per heavy atom. The highest BCUT2D eigenvalue weighted by Crippen LogP contribution is 2.15. The van der Waals surface area contributed by atoms with Crippen LogP contribution >= 0.6 is 12.6 Å². The third-order valence-corrected chi connectivity index (χ3v) is 3.21. The van der Waals surface area contributed by atoms with E-state index in [1.807, 2.05) is 30.3 Å². The van der Waals surface area contributed by atoms with Gasteiger partial charge in [-0.2, -0.15) is 12.6 Å². The summed E-state index contributed by atoms with van der Waals surface area (Å²) in [5, 5.41) is 4.58. The lowest BCUT2D eigenvalue weighted by Gasteiger charge is -2.13. The molecule has 1 atom stereocenters. The van der Waals surface area contributed by atoms with Crippen molar-refractivity contribution in [3.05, 3.63) is 48.0 Å². The normalized spacial score (nSPS) is 12.1. The molecule has 98 valence electrons. The van der Waals surface area contributed by atoms with Crippen LogP contribution in [-0.2, 0) is 4.79 Å². The minimum absolute atomic E-state index is 0.175. The molecule has 19 heavy (non-hydrogen) atoms. The lowest BCUT2D eigenvalue weighted by atomic mass is 10.1. The maximum absolute atomic E-state index is 12.0. The minimum Gasteiger partial charge on any atom is -0.368 e. The molecule has 0 bridgehead atoms. The van der Waals surface area contributed by atoms with Crippen molar-refractivity contribution >= 4 is 35.2 Å². The lowest BCUT2D eigenvalue weighted by Crippen LogP contribution is -2.45. The number of amides is 2. The lowest BCUT2D eigenvalue weighted by molar-refractivity contribution is -0.119. The molecule has 2 rings (SSSR count). The molecule has 0 fully saturated rings. The van der Waals surface area contributed by atoms with Crippen molar-refractivity contribution in [3.8, 4) is 0 Å². The number of rotatable bonds is 4. The standard InChI is InChI=1S/C14H14N2O2S/c15-13(17)12(8-19)16-14(18)11-6-5-9-3-1-2-4-10(9)7-11/h1-7,12,19H,8H2,(H2,15,17)(H,16,18)/t12-/m0/s1. The quantitative estimate of drug-likeness (QED) is 0.736. The summed E-state index contributed by atoms with van der Waals surface area (Å²) >= 11 is 3.99. The second kappa shape index (κ2) is 5.75. The number of hydrogen-bond donors (Lipinski definition) is 3. The Morgan fingerprint density at radius 1 is 1.16 bits per heavy atom. The Hall–Kier alpha value is -2.01. The molecule has 2 aromatic rings. The van der Waals surface area contributed by atoms with E-state index in [4.69, 9.17) is 5.73 Å². The SMILES string of the molecule is NC(=O)[C@H](CS)NC(=O)c1ccc2ccccc2c1. The fraction of sp³-hybridized carbons (Fsp3) is 0.143. The zero-order chi connectivity index (χ0) is 13.8. The second-order valence-corrected chi connectivity index (χ2v) is 4.54. The van der Waals surface area contributed by atoms with Crippen molar-refractivity contribution < 1.29 is 9.59 Å². The van der Waals surface area contributed by atoms with Gasteiger partial charge in [-0.1, -0.05) is 30.3 Å². The first kappa shape index (κ1) is 13.4. The fourth-order valence-electron chi connectivity index (χ4n) is 1.78. The van der Waals surface area contributed by atoms with Gasteiger partial charge in [-0.05, 0) is 22.9 Å². The van der Waals surface area contributed by atoms with Crippen LogP contribution in [0, 0.1) is 0 Å². The number of benzene rings is 2. The number of hydrogen-bond acceptors (Lipinski definition) is 3. The first-order valence-corrected chi connectivity index (χ1v) is 6.45. The van der Waals surface area contributed by atoms with E-state index in [9.17, 15) is 9.59 Å². The van der Waals surface area contributed by atoms with E-state index in [1.165, 1.54) is 0 Å². The summed E-state index contributed by atoms with van der Waals surface area (Å²) in [6, 6.07) is 12.3. The molecular formula is C14H14N2O2S. The van der Waals surface area contributed by atoms with Crippen LogP contribution in [0.15, 0.2) is 42.5 Å². The van der Waals surface area contributed by atoms with Crippen molar-refractivity contribution in [1.82, 2.24) is 5.32 Å². The van der Waals surface area contributed by atoms with Crippen LogP contribution in [0.3, 0.4) is 0 Å². The van der Waals surface area contributed by atoms with Gasteiger partial charge < -0.3 is 11.1 Å². The van der Waals surface area contributed by atoms with E-state index < -0.39 is 11.9 Å². The van der Waals surface area contributed by atoms with Crippen LogP contribution in [-0.4, -0.2) is 23.6 Å². The van der Waals surface area contributed by atoms with Crippen LogP contribution in [0.5, 0.6) is 0 Å². The maximum atomic E-state index is 12.0. The molecule has 0 aliphatic rings. The topological polar surface area (TPSA) is 72.2 Å². The maximum Gasteiger partial charge on any atom is 0.251 e. The van der Waals surface area contributed by atoms with Gasteiger partial charge in [-0.25, -0.2) is 0 Å². The van der Waals surface area contributed by atoms with Gasteiger partial charge in [-0.15, -0.1) is 0 Å². The third kappa shape index (κ3) is 3.06. The van der Waals surface area contributed by atoms with E-state index in [-0.39, 0.29) is 11.7 Å². The number of nitrogens with two attached hydrogens (primary N) is 1. The first-order chi connectivity index (χ1) is 9.11. The van der Waals surface area contributed by atoms with Crippen molar-refractivity contribution in [2.45, 2.75) is 6.04 Å². The number of primary amides is 1. The van der Waals surface area contributed by atoms with Crippen molar-refractivity contribution in [3.63, 3.8) is 0 Å². The van der Waals surface area contributed by atoms with Crippen LogP contribution in [0.25, 0.3) is 10.8 Å². The van der Waals surface area contributed by atoms with E-state index in [0.717, 1.165) is 10.8 Å². The van der Waals surface area contributed by atoms with E-state index in [2.05, 4.69) is 17.9 Å². The molecular weight excluding hydrogens is 260 g/mol. The second-order valence-electron chi connectivity index (χ2n) is 4.17. The molecule has 0 radical (unpaired) electrons. The summed E-state index contributed by atoms with van der Waals surface area (Å²) in [5.41, 5.74) is 5.65. The Morgan fingerprint density at radius 2 is 1.84 bits per heavy atom. The number of fused-ring (bicyclic) bond motifs is 1. The molecule has 0 unspecified atom stereocenters. The largest absolute Gasteiger partial charge is 0.368 e. The van der Waals surface area contributed by atoms with Crippen molar-refractivity contribution in [2.24, 2.45) is 5.73 Å². The summed E-state index contributed by atoms with van der Waals surface area (Å²) in [7, 11) is 0. The Balaban J connectivity index is 2.24. The van der Waals surface area contributed by atoms with Gasteiger partial charge in [0.15, 0.2) is 0 Å². The van der Waals surface area contributed by atoms with Crippen LogP contribution < -0.4 is 11.1 Å². The molecule has 0 aliphatic carbocycles. The molecule has 4 nitrogen and oxygen atoms in total. The molecule has 5 heteroatoms. The monoisotopic (exact) mass is 274 g/mol. The van der Waals surface area contributed by atoms with E-state index in [0.29, 0.717) is 5.56 Å². The fourth-order valence-corrected chi connectivity index (χ4v) is 2.05. The highest BCUT2D eigenvalue weighted by molar-refractivity contribution is 7.80. The summed E-state index contributed by atoms with van der Waals surface area (Å²) in [6.07, 6.45) is 0. The molecule has 3 N–H and O–H groups in total. The highest BCUT2D eigenvalue weighted by atomic mass is 32.1. The Kier molecular flexibility index (Phi) is 4.06. The molecule has 0 saturated heterocycles. The predicted molar refractivity (Wildman–Crippen MR) is 78.2 cm³/mol. The molecule has 0 spiro atoms. The van der Waals surface area contributed by atoms with E-state index >= 15 is 0 Å². The zero-order valence-corrected chi connectivity index (χ0v) is 11.1. The van der Waals surface area contributed by atoms with Gasteiger partial charge >= 0.3 is 0 Å². The number of thiol groups is 1. The molecule has 2 aromatic carbocycles. The summed E-state index contributed by atoms with van der Waals surface area (Å²) in [4.78, 5) is 23.1. The van der Waals surface area contributed by atoms with Crippen molar-refractivity contribution in [1.29, 1.82) is 0 Å². The highest BCUT2D eigenvalue weighted by Gasteiger charge is 2.17. The summed E-state index contributed by atoms with van der Waals surface area (Å²) in [5.74, 6) is -0.748. The summed E-state index contributed by atoms with van der Waals surface area (Å²) < 4.78 is 0. The average Bonchev–Trinajstić information content (AvgIpc) is 2.43. The van der Waals surface area contributed by atoms with Crippen molar-refractivity contribution in [2.75, 3.05) is 5.75 Å². The van der Waals surface area contributed by atoms with Gasteiger partial charge in [-0.3, -0.25) is 9.59 Å². The van der Waals surface area contributed by atoms with Gasteiger partial charge in [0.25, 0.3) is 5.91 Å². The number of carbonyl (C=O) groups is 2. The minimum atomic E-state index is -0.762. The average molecular weight is 274 g/mol. The smallest absolute Gasteiger partial charge is 0.251 e. The number of nitrogens with one attached hydrogen (secondary N) is 1. The Bertz CT molecular complexity index is 628. The molecule has 0 saturated carbocycles. The summed E-state index contributed by atoms with van der Waals surface area (Å²) in [6.45, 7) is 0. The van der Waals surface area contributed by atoms with E-state index in [1.54, 1.807) is 12.1 Å². The molecule has 2 amide bonds. The predicted octanol–water partition coefficient (Wildman–Crippen LogP) is 1.35. The van der Waals surface area contributed by atoms with Gasteiger partial charge in [0.2, 0.25) is 5.91 Å². The molecule has 0 aromatic heterocycles.